The van der Waals surface area contributed by atoms with Gasteiger partial charge >= 0.3 is 5.97 Å². The minimum absolute atomic E-state index is 0.0839. The standard InChI is InChI=1S/C17H30O3/c1-3-5-7-9-13-17(18)20-16-12-11-15-19-14-10-8-6-4-2/h3-4H,1-2,5-16H2. The Bertz CT molecular complexity index is 249. The van der Waals surface area contributed by atoms with Gasteiger partial charge in [0.05, 0.1) is 6.61 Å². The first kappa shape index (κ1) is 18.9. The summed E-state index contributed by atoms with van der Waals surface area (Å²) in [5.41, 5.74) is 0. The van der Waals surface area contributed by atoms with E-state index in [0.717, 1.165) is 64.6 Å². The lowest BCUT2D eigenvalue weighted by Gasteiger charge is -2.05. The molecule has 0 spiro atoms. The molecule has 20 heavy (non-hydrogen) atoms. The van der Waals surface area contributed by atoms with Gasteiger partial charge in [0, 0.05) is 19.6 Å². The molecule has 0 aromatic heterocycles. The fourth-order valence-electron chi connectivity index (χ4n) is 1.72. The van der Waals surface area contributed by atoms with Gasteiger partial charge in [-0.05, 0) is 51.4 Å². The van der Waals surface area contributed by atoms with Gasteiger partial charge in [-0.25, -0.2) is 0 Å². The zero-order valence-electron chi connectivity index (χ0n) is 12.8. The van der Waals surface area contributed by atoms with E-state index in [2.05, 4.69) is 13.2 Å². The van der Waals surface area contributed by atoms with Crippen LogP contribution in [0.25, 0.3) is 0 Å². The summed E-state index contributed by atoms with van der Waals surface area (Å²) in [4.78, 5) is 11.4. The molecule has 0 saturated carbocycles. The van der Waals surface area contributed by atoms with Crippen molar-refractivity contribution >= 4 is 5.97 Å². The molecule has 0 N–H and O–H groups in total. The van der Waals surface area contributed by atoms with Crippen molar-refractivity contribution in [2.45, 2.75) is 57.8 Å². The molecule has 0 radical (unpaired) electrons. The van der Waals surface area contributed by atoms with Crippen molar-refractivity contribution < 1.29 is 14.3 Å². The molecule has 0 aliphatic heterocycles. The Balaban J connectivity index is 3.13. The van der Waals surface area contributed by atoms with Crippen molar-refractivity contribution in [1.29, 1.82) is 0 Å². The highest BCUT2D eigenvalue weighted by atomic mass is 16.5. The summed E-state index contributed by atoms with van der Waals surface area (Å²) in [5.74, 6) is -0.0839. The van der Waals surface area contributed by atoms with E-state index in [0.29, 0.717) is 13.0 Å². The summed E-state index contributed by atoms with van der Waals surface area (Å²) in [6.07, 6.45) is 12.3. The molecular formula is C17H30O3. The molecule has 0 amide bonds. The molecule has 0 heterocycles. The predicted octanol–water partition coefficient (Wildman–Crippen LogP) is 4.43. The number of hydrogen-bond acceptors (Lipinski definition) is 3. The normalized spacial score (nSPS) is 10.2. The lowest BCUT2D eigenvalue weighted by atomic mass is 10.2. The van der Waals surface area contributed by atoms with E-state index < -0.39 is 0 Å². The number of esters is 1. The maximum Gasteiger partial charge on any atom is 0.305 e. The van der Waals surface area contributed by atoms with Gasteiger partial charge < -0.3 is 9.47 Å². The molecular weight excluding hydrogens is 252 g/mol. The van der Waals surface area contributed by atoms with E-state index >= 15 is 0 Å². The Morgan fingerprint density at radius 3 is 2.00 bits per heavy atom. The van der Waals surface area contributed by atoms with Crippen LogP contribution in [0, 0.1) is 0 Å². The van der Waals surface area contributed by atoms with Gasteiger partial charge in [-0.2, -0.15) is 0 Å². The minimum Gasteiger partial charge on any atom is -0.466 e. The third-order valence-electron chi connectivity index (χ3n) is 2.93. The molecule has 0 aliphatic carbocycles. The van der Waals surface area contributed by atoms with Gasteiger partial charge in [-0.3, -0.25) is 4.79 Å². The number of hydrogen-bond donors (Lipinski definition) is 0. The van der Waals surface area contributed by atoms with Crippen LogP contribution in [0.3, 0.4) is 0 Å². The van der Waals surface area contributed by atoms with Gasteiger partial charge in [-0.15, -0.1) is 13.2 Å². The quantitative estimate of drug-likeness (QED) is 0.253. The van der Waals surface area contributed by atoms with Crippen LogP contribution >= 0.6 is 0 Å². The number of allylic oxidation sites excluding steroid dienone is 2. The Morgan fingerprint density at radius 2 is 1.35 bits per heavy atom. The second-order valence-electron chi connectivity index (χ2n) is 4.86. The lowest BCUT2D eigenvalue weighted by molar-refractivity contribution is -0.144. The highest BCUT2D eigenvalue weighted by molar-refractivity contribution is 5.69. The fourth-order valence-corrected chi connectivity index (χ4v) is 1.72. The zero-order valence-corrected chi connectivity index (χ0v) is 12.8. The molecule has 0 fully saturated rings. The van der Waals surface area contributed by atoms with E-state index in [-0.39, 0.29) is 5.97 Å². The third-order valence-corrected chi connectivity index (χ3v) is 2.93. The van der Waals surface area contributed by atoms with Crippen molar-refractivity contribution in [3.05, 3.63) is 25.3 Å². The van der Waals surface area contributed by atoms with Crippen LogP contribution < -0.4 is 0 Å². The Labute approximate surface area is 124 Å². The zero-order chi connectivity index (χ0) is 14.9. The van der Waals surface area contributed by atoms with Gasteiger partial charge in [0.15, 0.2) is 0 Å². The number of carbonyl (C=O) groups is 1. The Kier molecular flexibility index (Phi) is 15.1. The van der Waals surface area contributed by atoms with Crippen molar-refractivity contribution in [3.8, 4) is 0 Å². The summed E-state index contributed by atoms with van der Waals surface area (Å²) in [5, 5.41) is 0. The molecule has 116 valence electrons. The van der Waals surface area contributed by atoms with E-state index in [1.807, 2.05) is 12.2 Å². The van der Waals surface area contributed by atoms with Crippen LogP contribution in [-0.4, -0.2) is 25.8 Å². The molecule has 0 aliphatic rings. The molecule has 0 saturated heterocycles. The molecule has 0 atom stereocenters. The van der Waals surface area contributed by atoms with Gasteiger partial charge in [-0.1, -0.05) is 12.2 Å². The topological polar surface area (TPSA) is 35.5 Å². The molecule has 0 aromatic rings. The van der Waals surface area contributed by atoms with E-state index in [1.54, 1.807) is 0 Å². The van der Waals surface area contributed by atoms with Crippen LogP contribution in [0.4, 0.5) is 0 Å². The van der Waals surface area contributed by atoms with Crippen LogP contribution in [-0.2, 0) is 14.3 Å². The van der Waals surface area contributed by atoms with Crippen LogP contribution in [0.1, 0.15) is 57.8 Å². The predicted molar refractivity (Wildman–Crippen MR) is 83.7 cm³/mol. The number of rotatable bonds is 15. The van der Waals surface area contributed by atoms with Crippen molar-refractivity contribution in [1.82, 2.24) is 0 Å². The average molecular weight is 282 g/mol. The van der Waals surface area contributed by atoms with Crippen molar-refractivity contribution in [3.63, 3.8) is 0 Å². The monoisotopic (exact) mass is 282 g/mol. The van der Waals surface area contributed by atoms with Crippen LogP contribution in [0.2, 0.25) is 0 Å². The summed E-state index contributed by atoms with van der Waals surface area (Å²) in [6.45, 7) is 9.42. The molecule has 0 unspecified atom stereocenters. The highest BCUT2D eigenvalue weighted by Crippen LogP contribution is 2.02. The van der Waals surface area contributed by atoms with Crippen molar-refractivity contribution in [2.24, 2.45) is 0 Å². The third kappa shape index (κ3) is 15.0. The lowest BCUT2D eigenvalue weighted by Crippen LogP contribution is -2.06. The molecule has 0 rings (SSSR count). The van der Waals surface area contributed by atoms with Gasteiger partial charge in [0.1, 0.15) is 0 Å². The van der Waals surface area contributed by atoms with Gasteiger partial charge in [0.25, 0.3) is 0 Å². The molecule has 3 nitrogen and oxygen atoms in total. The van der Waals surface area contributed by atoms with Crippen LogP contribution in [0.5, 0.6) is 0 Å². The summed E-state index contributed by atoms with van der Waals surface area (Å²) < 4.78 is 10.6. The SMILES string of the molecule is C=CCCCCOCCCCOC(=O)CCCCC=C. The maximum atomic E-state index is 11.4. The molecule has 0 bridgehead atoms. The minimum atomic E-state index is -0.0839. The Morgan fingerprint density at radius 1 is 0.800 bits per heavy atom. The van der Waals surface area contributed by atoms with Gasteiger partial charge in [0.2, 0.25) is 0 Å². The van der Waals surface area contributed by atoms with Crippen LogP contribution in [0.15, 0.2) is 25.3 Å². The smallest absolute Gasteiger partial charge is 0.305 e. The first-order valence-corrected chi connectivity index (χ1v) is 7.76. The fraction of sp³-hybridized carbons (Fsp3) is 0.706. The molecule has 0 aromatic carbocycles. The Hall–Kier alpha value is -1.09. The maximum absolute atomic E-state index is 11.4. The van der Waals surface area contributed by atoms with E-state index in [9.17, 15) is 4.79 Å². The average Bonchev–Trinajstić information content (AvgIpc) is 2.45. The second kappa shape index (κ2) is 16.0. The second-order valence-corrected chi connectivity index (χ2v) is 4.86. The number of carbonyl (C=O) groups excluding carboxylic acids is 1. The first-order valence-electron chi connectivity index (χ1n) is 7.76. The summed E-state index contributed by atoms with van der Waals surface area (Å²) >= 11 is 0. The van der Waals surface area contributed by atoms with Crippen molar-refractivity contribution in [2.75, 3.05) is 19.8 Å². The molecule has 3 heteroatoms. The summed E-state index contributed by atoms with van der Waals surface area (Å²) in [7, 11) is 0. The number of ether oxygens (including phenoxy) is 2. The van der Waals surface area contributed by atoms with E-state index in [4.69, 9.17) is 9.47 Å². The largest absolute Gasteiger partial charge is 0.466 e. The van der Waals surface area contributed by atoms with E-state index in [1.165, 1.54) is 0 Å². The highest BCUT2D eigenvalue weighted by Gasteiger charge is 2.01. The first-order chi connectivity index (χ1) is 9.81. The number of unbranched alkanes of at least 4 members (excludes halogenated alkanes) is 5. The summed E-state index contributed by atoms with van der Waals surface area (Å²) in [6, 6.07) is 0.